The van der Waals surface area contributed by atoms with Gasteiger partial charge in [-0.1, -0.05) is 11.6 Å². The maximum atomic E-state index is 6.30. The van der Waals surface area contributed by atoms with E-state index >= 15 is 0 Å². The van der Waals surface area contributed by atoms with Crippen molar-refractivity contribution in [3.8, 4) is 0 Å². The summed E-state index contributed by atoms with van der Waals surface area (Å²) < 4.78 is 1.98. The molecule has 0 radical (unpaired) electrons. The summed E-state index contributed by atoms with van der Waals surface area (Å²) in [5.74, 6) is 0. The molecule has 4 nitrogen and oxygen atoms in total. The molecule has 0 spiro atoms. The molecule has 2 N–H and O–H groups in total. The molecule has 0 fully saturated rings. The van der Waals surface area contributed by atoms with Crippen LogP contribution in [0.2, 0.25) is 5.02 Å². The zero-order chi connectivity index (χ0) is 13.0. The minimum atomic E-state index is 0.454. The number of nitrogens with zero attached hydrogens (tertiary/aromatic N) is 3. The maximum Gasteiger partial charge on any atom is 0.0860 e. The lowest BCUT2D eigenvalue weighted by molar-refractivity contribution is 0.213. The topological polar surface area (TPSA) is 47.1 Å². The summed E-state index contributed by atoms with van der Waals surface area (Å²) in [7, 11) is 0. The molecule has 17 heavy (non-hydrogen) atoms. The van der Waals surface area contributed by atoms with E-state index in [1.807, 2.05) is 11.6 Å². The maximum absolute atomic E-state index is 6.30. The molecule has 0 aliphatic heterocycles. The fourth-order valence-corrected chi connectivity index (χ4v) is 2.09. The van der Waals surface area contributed by atoms with Crippen LogP contribution in [-0.4, -0.2) is 33.8 Å². The van der Waals surface area contributed by atoms with E-state index in [-0.39, 0.29) is 0 Å². The molecule has 0 aromatic carbocycles. The molecule has 0 bridgehead atoms. The average molecular weight is 259 g/mol. The zero-order valence-corrected chi connectivity index (χ0v) is 12.0. The molecule has 98 valence electrons. The van der Waals surface area contributed by atoms with Gasteiger partial charge in [-0.3, -0.25) is 9.58 Å². The first-order valence-corrected chi connectivity index (χ1v) is 6.54. The molecule has 0 atom stereocenters. The Morgan fingerprint density at radius 3 is 2.59 bits per heavy atom. The largest absolute Gasteiger partial charge is 0.329 e. The first-order valence-electron chi connectivity index (χ1n) is 6.17. The van der Waals surface area contributed by atoms with Crippen molar-refractivity contribution in [1.29, 1.82) is 0 Å². The van der Waals surface area contributed by atoms with Gasteiger partial charge in [0, 0.05) is 32.2 Å². The first kappa shape index (κ1) is 14.5. The van der Waals surface area contributed by atoms with E-state index < -0.39 is 0 Å². The van der Waals surface area contributed by atoms with E-state index in [0.717, 1.165) is 36.0 Å². The van der Waals surface area contributed by atoms with E-state index in [0.29, 0.717) is 12.6 Å². The van der Waals surface area contributed by atoms with Crippen molar-refractivity contribution >= 4 is 11.6 Å². The van der Waals surface area contributed by atoms with Crippen LogP contribution < -0.4 is 5.73 Å². The summed E-state index contributed by atoms with van der Waals surface area (Å²) in [6.07, 6.45) is 0. The Bertz CT molecular complexity index is 360. The molecule has 0 amide bonds. The SMILES string of the molecule is CCn1nc(C)c(Cl)c1CN(CCN)C(C)C. The van der Waals surface area contributed by atoms with Crippen LogP contribution in [0.3, 0.4) is 0 Å². The van der Waals surface area contributed by atoms with Crippen LogP contribution in [0, 0.1) is 6.92 Å². The predicted octanol–water partition coefficient (Wildman–Crippen LogP) is 2.03. The van der Waals surface area contributed by atoms with E-state index in [1.54, 1.807) is 0 Å². The van der Waals surface area contributed by atoms with Gasteiger partial charge in [-0.05, 0) is 27.7 Å². The summed E-state index contributed by atoms with van der Waals surface area (Å²) in [6.45, 7) is 11.6. The fraction of sp³-hybridized carbons (Fsp3) is 0.750. The Morgan fingerprint density at radius 1 is 1.47 bits per heavy atom. The Morgan fingerprint density at radius 2 is 2.12 bits per heavy atom. The number of aromatic nitrogens is 2. The third kappa shape index (κ3) is 3.44. The third-order valence-corrected chi connectivity index (χ3v) is 3.44. The van der Waals surface area contributed by atoms with Gasteiger partial charge in [0.05, 0.1) is 16.4 Å². The van der Waals surface area contributed by atoms with Crippen LogP contribution in [0.1, 0.15) is 32.2 Å². The third-order valence-electron chi connectivity index (χ3n) is 2.95. The quantitative estimate of drug-likeness (QED) is 0.849. The van der Waals surface area contributed by atoms with Crippen molar-refractivity contribution < 1.29 is 0 Å². The van der Waals surface area contributed by atoms with Crippen molar-refractivity contribution in [1.82, 2.24) is 14.7 Å². The molecular weight excluding hydrogens is 236 g/mol. The molecule has 1 aromatic heterocycles. The molecule has 1 aromatic rings. The van der Waals surface area contributed by atoms with E-state index in [1.165, 1.54) is 0 Å². The number of hydrogen-bond acceptors (Lipinski definition) is 3. The predicted molar refractivity (Wildman–Crippen MR) is 72.2 cm³/mol. The Balaban J connectivity index is 2.91. The summed E-state index contributed by atoms with van der Waals surface area (Å²) in [5, 5.41) is 5.21. The highest BCUT2D eigenvalue weighted by molar-refractivity contribution is 6.31. The van der Waals surface area contributed by atoms with Crippen molar-refractivity contribution in [2.75, 3.05) is 13.1 Å². The van der Waals surface area contributed by atoms with E-state index in [4.69, 9.17) is 17.3 Å². The second-order valence-corrected chi connectivity index (χ2v) is 4.89. The van der Waals surface area contributed by atoms with Gasteiger partial charge >= 0.3 is 0 Å². The average Bonchev–Trinajstić information content (AvgIpc) is 2.55. The molecule has 1 rings (SSSR count). The molecule has 1 heterocycles. The minimum Gasteiger partial charge on any atom is -0.329 e. The number of halogens is 1. The van der Waals surface area contributed by atoms with Gasteiger partial charge in [0.25, 0.3) is 0 Å². The van der Waals surface area contributed by atoms with Gasteiger partial charge in [-0.25, -0.2) is 0 Å². The number of rotatable bonds is 6. The lowest BCUT2D eigenvalue weighted by Crippen LogP contribution is -2.35. The standard InChI is InChI=1S/C12H23ClN4/c1-5-17-11(12(13)10(4)15-17)8-16(7-6-14)9(2)3/h9H,5-8,14H2,1-4H3. The fourth-order valence-electron chi connectivity index (χ4n) is 1.90. The summed E-state index contributed by atoms with van der Waals surface area (Å²) in [4.78, 5) is 2.31. The summed E-state index contributed by atoms with van der Waals surface area (Å²) >= 11 is 6.30. The molecule has 0 aliphatic rings. The zero-order valence-electron chi connectivity index (χ0n) is 11.2. The molecule has 0 saturated heterocycles. The highest BCUT2D eigenvalue weighted by Crippen LogP contribution is 2.22. The lowest BCUT2D eigenvalue weighted by Gasteiger charge is -2.26. The minimum absolute atomic E-state index is 0.454. The number of aryl methyl sites for hydroxylation is 2. The molecule has 5 heteroatoms. The normalized spacial score (nSPS) is 11.8. The van der Waals surface area contributed by atoms with Gasteiger partial charge < -0.3 is 5.73 Å². The highest BCUT2D eigenvalue weighted by Gasteiger charge is 2.17. The molecule has 0 aliphatic carbocycles. The lowest BCUT2D eigenvalue weighted by atomic mass is 10.2. The summed E-state index contributed by atoms with van der Waals surface area (Å²) in [6, 6.07) is 0.454. The van der Waals surface area contributed by atoms with Crippen molar-refractivity contribution in [2.45, 2.75) is 46.8 Å². The molecule has 0 unspecified atom stereocenters. The monoisotopic (exact) mass is 258 g/mol. The van der Waals surface area contributed by atoms with E-state index in [9.17, 15) is 0 Å². The second-order valence-electron chi connectivity index (χ2n) is 4.51. The van der Waals surface area contributed by atoms with Crippen molar-refractivity contribution in [2.24, 2.45) is 5.73 Å². The molecule has 0 saturated carbocycles. The highest BCUT2D eigenvalue weighted by atomic mass is 35.5. The van der Waals surface area contributed by atoms with Crippen LogP contribution >= 0.6 is 11.6 Å². The first-order chi connectivity index (χ1) is 8.01. The van der Waals surface area contributed by atoms with Crippen LogP contribution in [0.25, 0.3) is 0 Å². The Labute approximate surface area is 109 Å². The van der Waals surface area contributed by atoms with Gasteiger partial charge in [-0.15, -0.1) is 0 Å². The Hall–Kier alpha value is -0.580. The second kappa shape index (κ2) is 6.38. The van der Waals surface area contributed by atoms with Gasteiger partial charge in [0.2, 0.25) is 0 Å². The summed E-state index contributed by atoms with van der Waals surface area (Å²) in [5.41, 5.74) is 7.63. The number of hydrogen-bond donors (Lipinski definition) is 1. The van der Waals surface area contributed by atoms with Gasteiger partial charge in [0.15, 0.2) is 0 Å². The van der Waals surface area contributed by atoms with E-state index in [2.05, 4.69) is 30.8 Å². The van der Waals surface area contributed by atoms with Crippen LogP contribution in [0.5, 0.6) is 0 Å². The number of nitrogens with two attached hydrogens (primary N) is 1. The van der Waals surface area contributed by atoms with Crippen molar-refractivity contribution in [3.63, 3.8) is 0 Å². The Kier molecular flexibility index (Phi) is 5.43. The van der Waals surface area contributed by atoms with Crippen LogP contribution in [0.4, 0.5) is 0 Å². The van der Waals surface area contributed by atoms with Crippen LogP contribution in [0.15, 0.2) is 0 Å². The molecular formula is C12H23ClN4. The van der Waals surface area contributed by atoms with Crippen molar-refractivity contribution in [3.05, 3.63) is 16.4 Å². The van der Waals surface area contributed by atoms with Crippen LogP contribution in [-0.2, 0) is 13.1 Å². The van der Waals surface area contributed by atoms with Gasteiger partial charge in [0.1, 0.15) is 0 Å². The smallest absolute Gasteiger partial charge is 0.0860 e. The van der Waals surface area contributed by atoms with Gasteiger partial charge in [-0.2, -0.15) is 5.10 Å².